The van der Waals surface area contributed by atoms with Gasteiger partial charge >= 0.3 is 0 Å². The fourth-order valence-corrected chi connectivity index (χ4v) is 3.26. The van der Waals surface area contributed by atoms with E-state index in [0.717, 1.165) is 43.9 Å². The summed E-state index contributed by atoms with van der Waals surface area (Å²) < 4.78 is 0. The first-order valence-corrected chi connectivity index (χ1v) is 9.18. The number of aryl methyl sites for hydroxylation is 1. The molecule has 6 nitrogen and oxygen atoms in total. The molecule has 0 bridgehead atoms. The molecule has 140 valence electrons. The van der Waals surface area contributed by atoms with E-state index in [9.17, 15) is 9.90 Å². The molecule has 3 rings (SSSR count). The number of benzene rings is 2. The summed E-state index contributed by atoms with van der Waals surface area (Å²) >= 11 is 0. The Morgan fingerprint density at radius 1 is 1.26 bits per heavy atom. The van der Waals surface area contributed by atoms with Crippen LogP contribution < -0.4 is 20.6 Å². The average Bonchev–Trinajstić information content (AvgIpc) is 2.72. The Bertz CT molecular complexity index is 836. The van der Waals surface area contributed by atoms with E-state index in [0.29, 0.717) is 16.8 Å². The van der Waals surface area contributed by atoms with Crippen molar-refractivity contribution in [3.8, 4) is 6.07 Å². The monoisotopic (exact) mass is 363 g/mol. The summed E-state index contributed by atoms with van der Waals surface area (Å²) in [7, 11) is 0. The van der Waals surface area contributed by atoms with Crippen LogP contribution in [0.15, 0.2) is 42.5 Å². The first kappa shape index (κ1) is 18.7. The Labute approximate surface area is 159 Å². The molecule has 1 aliphatic heterocycles. The normalized spacial score (nSPS) is 15.0. The van der Waals surface area contributed by atoms with Gasteiger partial charge in [-0.1, -0.05) is 13.0 Å². The van der Waals surface area contributed by atoms with Crippen molar-refractivity contribution in [1.29, 1.82) is 5.26 Å². The van der Waals surface area contributed by atoms with Gasteiger partial charge in [0.15, 0.2) is 0 Å². The number of carbonyl (C=O) groups excluding carboxylic acids is 1. The van der Waals surface area contributed by atoms with Crippen LogP contribution >= 0.6 is 0 Å². The zero-order valence-corrected chi connectivity index (χ0v) is 15.4. The van der Waals surface area contributed by atoms with E-state index in [-0.39, 0.29) is 0 Å². The van der Waals surface area contributed by atoms with Crippen LogP contribution in [-0.2, 0) is 11.2 Å². The predicted octanol–water partition coefficient (Wildman–Crippen LogP) is 1.43. The van der Waals surface area contributed by atoms with Crippen LogP contribution in [0.4, 0.5) is 11.4 Å². The first-order valence-electron chi connectivity index (χ1n) is 9.18. The van der Waals surface area contributed by atoms with Crippen molar-refractivity contribution in [2.75, 3.05) is 36.4 Å². The van der Waals surface area contributed by atoms with Crippen molar-refractivity contribution in [3.05, 3.63) is 59.2 Å². The second-order valence-corrected chi connectivity index (χ2v) is 6.61. The van der Waals surface area contributed by atoms with E-state index in [1.165, 1.54) is 0 Å². The average molecular weight is 363 g/mol. The minimum atomic E-state index is -1.18. The molecule has 6 heteroatoms. The van der Waals surface area contributed by atoms with Crippen LogP contribution in [0.1, 0.15) is 29.7 Å². The molecule has 0 spiro atoms. The van der Waals surface area contributed by atoms with Crippen LogP contribution in [0.2, 0.25) is 0 Å². The maximum Gasteiger partial charge on any atom is 0.0991 e. The van der Waals surface area contributed by atoms with E-state index in [1.807, 2.05) is 12.1 Å². The fraction of sp³-hybridized carbons (Fsp3) is 0.333. The van der Waals surface area contributed by atoms with Crippen molar-refractivity contribution in [1.82, 2.24) is 5.32 Å². The van der Waals surface area contributed by atoms with Gasteiger partial charge in [-0.05, 0) is 53.9 Å². The van der Waals surface area contributed by atoms with Crippen LogP contribution in [0.3, 0.4) is 0 Å². The summed E-state index contributed by atoms with van der Waals surface area (Å²) in [6.07, 6.45) is 0.823. The van der Waals surface area contributed by atoms with Gasteiger partial charge in [-0.2, -0.15) is 5.26 Å². The number of carboxylic acid groups (broad SMARTS) is 1. The molecule has 1 fully saturated rings. The molecule has 2 aromatic carbocycles. The molecule has 0 aliphatic carbocycles. The molecular formula is C21H23N4O2-. The molecule has 0 saturated carbocycles. The molecule has 27 heavy (non-hydrogen) atoms. The minimum Gasteiger partial charge on any atom is -0.548 e. The molecule has 2 N–H and O–H groups in total. The van der Waals surface area contributed by atoms with E-state index in [1.54, 1.807) is 24.3 Å². The van der Waals surface area contributed by atoms with E-state index in [4.69, 9.17) is 5.26 Å². The van der Waals surface area contributed by atoms with E-state index < -0.39 is 12.0 Å². The van der Waals surface area contributed by atoms with E-state index >= 15 is 0 Å². The van der Waals surface area contributed by atoms with Gasteiger partial charge in [-0.3, -0.25) is 0 Å². The highest BCUT2D eigenvalue weighted by Crippen LogP contribution is 2.27. The molecule has 1 atom stereocenters. The second kappa shape index (κ2) is 8.56. The number of carbonyl (C=O) groups is 1. The number of nitrogens with one attached hydrogen (secondary N) is 2. The molecule has 0 aromatic heterocycles. The predicted molar refractivity (Wildman–Crippen MR) is 103 cm³/mol. The molecule has 2 aromatic rings. The van der Waals surface area contributed by atoms with E-state index in [2.05, 4.69) is 34.6 Å². The largest absolute Gasteiger partial charge is 0.548 e. The lowest BCUT2D eigenvalue weighted by Crippen LogP contribution is -2.43. The summed E-state index contributed by atoms with van der Waals surface area (Å²) in [6.45, 7) is 5.68. The molecule has 1 aliphatic rings. The van der Waals surface area contributed by atoms with Crippen molar-refractivity contribution in [2.45, 2.75) is 19.4 Å². The quantitative estimate of drug-likeness (QED) is 0.807. The van der Waals surface area contributed by atoms with Gasteiger partial charge in [0.2, 0.25) is 0 Å². The molecule has 1 saturated heterocycles. The molecular weight excluding hydrogens is 340 g/mol. The lowest BCUT2D eigenvalue weighted by atomic mass is 10.00. The summed E-state index contributed by atoms with van der Waals surface area (Å²) in [5.41, 5.74) is 3.97. The van der Waals surface area contributed by atoms with Gasteiger partial charge in [0, 0.05) is 37.6 Å². The number of hydrogen-bond acceptors (Lipinski definition) is 6. The zero-order valence-electron chi connectivity index (χ0n) is 15.4. The molecule has 0 amide bonds. The number of anilines is 2. The Balaban J connectivity index is 1.91. The van der Waals surface area contributed by atoms with Crippen molar-refractivity contribution in [2.24, 2.45) is 0 Å². The number of piperazine rings is 1. The number of hydrogen-bond donors (Lipinski definition) is 2. The lowest BCUT2D eigenvalue weighted by molar-refractivity contribution is -0.307. The Morgan fingerprint density at radius 2 is 1.96 bits per heavy atom. The Kier molecular flexibility index (Phi) is 5.94. The van der Waals surface area contributed by atoms with Crippen molar-refractivity contribution >= 4 is 17.3 Å². The molecule has 1 heterocycles. The Hall–Kier alpha value is -3.04. The zero-order chi connectivity index (χ0) is 19.2. The molecule has 0 radical (unpaired) electrons. The topological polar surface area (TPSA) is 91.2 Å². The highest BCUT2D eigenvalue weighted by molar-refractivity contribution is 5.78. The van der Waals surface area contributed by atoms with Gasteiger partial charge in [0.1, 0.15) is 0 Å². The lowest BCUT2D eigenvalue weighted by Gasteiger charge is -2.31. The van der Waals surface area contributed by atoms with Crippen molar-refractivity contribution in [3.63, 3.8) is 0 Å². The maximum absolute atomic E-state index is 11.9. The second-order valence-electron chi connectivity index (χ2n) is 6.61. The number of aliphatic carboxylic acids is 1. The fourth-order valence-electron chi connectivity index (χ4n) is 3.26. The molecule has 1 unspecified atom stereocenters. The Morgan fingerprint density at radius 3 is 2.56 bits per heavy atom. The van der Waals surface area contributed by atoms with Gasteiger partial charge in [0.25, 0.3) is 0 Å². The third-order valence-electron chi connectivity index (χ3n) is 4.78. The third-order valence-corrected chi connectivity index (χ3v) is 4.78. The maximum atomic E-state index is 11.9. The number of carboxylic acids is 1. The van der Waals surface area contributed by atoms with Crippen LogP contribution in [0.5, 0.6) is 0 Å². The standard InChI is InChI=1S/C21H24N4O2/c1-2-15-11-17(13-19(12-15)25-9-7-23-8-10-25)20(21(26)27)24-18-5-3-16(14-22)4-6-18/h3-6,11-13,20,23-24H,2,7-10H2,1H3,(H,26,27)/p-1. The first-order chi connectivity index (χ1) is 13.1. The smallest absolute Gasteiger partial charge is 0.0991 e. The van der Waals surface area contributed by atoms with Gasteiger partial charge in [-0.15, -0.1) is 0 Å². The van der Waals surface area contributed by atoms with Crippen LogP contribution in [-0.4, -0.2) is 32.1 Å². The summed E-state index contributed by atoms with van der Waals surface area (Å²) in [6, 6.07) is 13.8. The number of nitrogens with zero attached hydrogens (tertiary/aromatic N) is 2. The summed E-state index contributed by atoms with van der Waals surface area (Å²) in [4.78, 5) is 14.1. The van der Waals surface area contributed by atoms with Gasteiger partial charge in [0.05, 0.1) is 23.6 Å². The van der Waals surface area contributed by atoms with Gasteiger partial charge in [-0.25, -0.2) is 0 Å². The highest BCUT2D eigenvalue weighted by atomic mass is 16.4. The summed E-state index contributed by atoms with van der Waals surface area (Å²) in [5.74, 6) is -1.18. The number of rotatable bonds is 6. The van der Waals surface area contributed by atoms with Gasteiger partial charge < -0.3 is 25.4 Å². The third kappa shape index (κ3) is 4.57. The minimum absolute atomic E-state index is 0.527. The van der Waals surface area contributed by atoms with Crippen molar-refractivity contribution < 1.29 is 9.90 Å². The number of nitriles is 1. The SMILES string of the molecule is CCc1cc(C(Nc2ccc(C#N)cc2)C(=O)[O-])cc(N2CCNCC2)c1. The summed E-state index contributed by atoms with van der Waals surface area (Å²) in [5, 5.41) is 27.1. The highest BCUT2D eigenvalue weighted by Gasteiger charge is 2.17. The van der Waals surface area contributed by atoms with Crippen LogP contribution in [0, 0.1) is 11.3 Å². The van der Waals surface area contributed by atoms with Crippen LogP contribution in [0.25, 0.3) is 0 Å².